The summed E-state index contributed by atoms with van der Waals surface area (Å²) < 4.78 is 5.28. The van der Waals surface area contributed by atoms with Crippen LogP contribution >= 0.6 is 0 Å². The average Bonchev–Trinajstić information content (AvgIpc) is 2.74. The molecular formula is C22H28N4O3. The maximum Gasteiger partial charge on any atom is 0.321 e. The number of amides is 4. The molecule has 0 atom stereocenters. The number of ether oxygens (including phenoxy) is 1. The molecule has 1 saturated heterocycles. The van der Waals surface area contributed by atoms with E-state index in [0.717, 1.165) is 24.1 Å². The molecule has 7 nitrogen and oxygen atoms in total. The quantitative estimate of drug-likeness (QED) is 0.712. The molecule has 0 radical (unpaired) electrons. The molecule has 0 aliphatic carbocycles. The van der Waals surface area contributed by atoms with Gasteiger partial charge < -0.3 is 25.6 Å². The Morgan fingerprint density at radius 2 is 1.66 bits per heavy atom. The van der Waals surface area contributed by atoms with Crippen molar-refractivity contribution in [2.45, 2.75) is 19.8 Å². The van der Waals surface area contributed by atoms with Gasteiger partial charge in [0, 0.05) is 25.3 Å². The predicted octanol–water partition coefficient (Wildman–Crippen LogP) is 4.07. The fourth-order valence-corrected chi connectivity index (χ4v) is 3.40. The van der Waals surface area contributed by atoms with E-state index in [2.05, 4.69) is 16.0 Å². The lowest BCUT2D eigenvalue weighted by molar-refractivity contribution is 0.181. The normalized spacial score (nSPS) is 14.2. The van der Waals surface area contributed by atoms with Gasteiger partial charge in [0.05, 0.1) is 12.8 Å². The second-order valence-electron chi connectivity index (χ2n) is 7.21. The molecular weight excluding hydrogens is 368 g/mol. The van der Waals surface area contributed by atoms with Crippen LogP contribution in [0.2, 0.25) is 0 Å². The molecule has 0 aromatic heterocycles. The van der Waals surface area contributed by atoms with E-state index in [4.69, 9.17) is 4.74 Å². The number of hydrogen-bond donors (Lipinski definition) is 3. The van der Waals surface area contributed by atoms with Crippen LogP contribution in [0.25, 0.3) is 0 Å². The summed E-state index contributed by atoms with van der Waals surface area (Å²) in [6.07, 6.45) is 1.70. The van der Waals surface area contributed by atoms with E-state index >= 15 is 0 Å². The topological polar surface area (TPSA) is 82.7 Å². The van der Waals surface area contributed by atoms with Crippen LogP contribution in [0.1, 0.15) is 18.4 Å². The molecule has 7 heteroatoms. The van der Waals surface area contributed by atoms with Gasteiger partial charge >= 0.3 is 12.1 Å². The summed E-state index contributed by atoms with van der Waals surface area (Å²) in [4.78, 5) is 26.5. The Bertz CT molecular complexity index is 847. The largest absolute Gasteiger partial charge is 0.495 e. The minimum absolute atomic E-state index is 0.127. The minimum atomic E-state index is -0.198. The molecule has 1 fully saturated rings. The van der Waals surface area contributed by atoms with Crippen molar-refractivity contribution in [3.05, 3.63) is 54.1 Å². The Morgan fingerprint density at radius 1 is 1.00 bits per heavy atom. The summed E-state index contributed by atoms with van der Waals surface area (Å²) in [5, 5.41) is 8.73. The molecule has 29 heavy (non-hydrogen) atoms. The first-order valence-electron chi connectivity index (χ1n) is 9.86. The Morgan fingerprint density at radius 3 is 2.34 bits per heavy atom. The van der Waals surface area contributed by atoms with Crippen molar-refractivity contribution in [2.75, 3.05) is 37.4 Å². The summed E-state index contributed by atoms with van der Waals surface area (Å²) >= 11 is 0. The van der Waals surface area contributed by atoms with Crippen LogP contribution in [0.15, 0.2) is 48.5 Å². The molecule has 0 bridgehead atoms. The zero-order valence-corrected chi connectivity index (χ0v) is 16.9. The standard InChI is InChI=1S/C22H28N4O3/c1-16-7-3-4-8-18(16)24-21(27)23-15-17-11-13-26(14-12-17)22(28)25-19-9-5-6-10-20(19)29-2/h3-10,17H,11-15H2,1-2H3,(H,25,28)(H2,23,24,27). The second-order valence-corrected chi connectivity index (χ2v) is 7.21. The molecule has 2 aromatic carbocycles. The number of aryl methyl sites for hydroxylation is 1. The predicted molar refractivity (Wildman–Crippen MR) is 115 cm³/mol. The van der Waals surface area contributed by atoms with Crippen molar-refractivity contribution in [1.29, 1.82) is 0 Å². The number of carbonyl (C=O) groups excluding carboxylic acids is 2. The summed E-state index contributed by atoms with van der Waals surface area (Å²) in [6, 6.07) is 14.7. The molecule has 1 aliphatic rings. The highest BCUT2D eigenvalue weighted by Crippen LogP contribution is 2.24. The van der Waals surface area contributed by atoms with Gasteiger partial charge in [0.15, 0.2) is 0 Å². The highest BCUT2D eigenvalue weighted by atomic mass is 16.5. The molecule has 2 aromatic rings. The summed E-state index contributed by atoms with van der Waals surface area (Å²) in [7, 11) is 1.58. The number of rotatable bonds is 5. The second kappa shape index (κ2) is 9.82. The fourth-order valence-electron chi connectivity index (χ4n) is 3.40. The van der Waals surface area contributed by atoms with E-state index in [1.165, 1.54) is 0 Å². The van der Waals surface area contributed by atoms with E-state index in [0.29, 0.717) is 37.0 Å². The van der Waals surface area contributed by atoms with Crippen molar-refractivity contribution >= 4 is 23.4 Å². The monoisotopic (exact) mass is 396 g/mol. The number of anilines is 2. The van der Waals surface area contributed by atoms with E-state index in [-0.39, 0.29) is 12.1 Å². The summed E-state index contributed by atoms with van der Waals surface area (Å²) in [6.45, 7) is 3.88. The zero-order valence-electron chi connectivity index (χ0n) is 16.9. The number of benzene rings is 2. The minimum Gasteiger partial charge on any atom is -0.495 e. The molecule has 3 N–H and O–H groups in total. The third kappa shape index (κ3) is 5.63. The first kappa shape index (κ1) is 20.5. The third-order valence-corrected chi connectivity index (χ3v) is 5.19. The van der Waals surface area contributed by atoms with Crippen LogP contribution in [0.3, 0.4) is 0 Å². The van der Waals surface area contributed by atoms with Crippen molar-refractivity contribution in [3.8, 4) is 5.75 Å². The number of nitrogens with zero attached hydrogens (tertiary/aromatic N) is 1. The van der Waals surface area contributed by atoms with Gasteiger partial charge in [-0.1, -0.05) is 30.3 Å². The lowest BCUT2D eigenvalue weighted by Crippen LogP contribution is -2.43. The SMILES string of the molecule is COc1ccccc1NC(=O)N1CCC(CNC(=O)Nc2ccccc2C)CC1. The molecule has 1 heterocycles. The number of carbonyl (C=O) groups is 2. The molecule has 0 unspecified atom stereocenters. The van der Waals surface area contributed by atoms with Crippen LogP contribution in [0.5, 0.6) is 5.75 Å². The first-order chi connectivity index (χ1) is 14.1. The fraction of sp³-hybridized carbons (Fsp3) is 0.364. The Hall–Kier alpha value is -3.22. The average molecular weight is 396 g/mol. The lowest BCUT2D eigenvalue weighted by atomic mass is 9.97. The molecule has 0 saturated carbocycles. The Kier molecular flexibility index (Phi) is 6.94. The highest BCUT2D eigenvalue weighted by molar-refractivity contribution is 5.91. The number of methoxy groups -OCH3 is 1. The van der Waals surface area contributed by atoms with Crippen LogP contribution in [-0.2, 0) is 0 Å². The van der Waals surface area contributed by atoms with Gasteiger partial charge in [-0.2, -0.15) is 0 Å². The van der Waals surface area contributed by atoms with Gasteiger partial charge in [0.2, 0.25) is 0 Å². The smallest absolute Gasteiger partial charge is 0.321 e. The van der Waals surface area contributed by atoms with Gasteiger partial charge in [-0.25, -0.2) is 9.59 Å². The Labute approximate surface area is 171 Å². The molecule has 0 spiro atoms. The summed E-state index contributed by atoms with van der Waals surface area (Å²) in [5.41, 5.74) is 2.50. The maximum absolute atomic E-state index is 12.5. The van der Waals surface area contributed by atoms with Gasteiger partial charge in [0.25, 0.3) is 0 Å². The van der Waals surface area contributed by atoms with Crippen LogP contribution in [0.4, 0.5) is 21.0 Å². The molecule has 3 rings (SSSR count). The van der Waals surface area contributed by atoms with Gasteiger partial charge in [-0.15, -0.1) is 0 Å². The summed E-state index contributed by atoms with van der Waals surface area (Å²) in [5.74, 6) is 0.993. The van der Waals surface area contributed by atoms with Crippen molar-refractivity contribution in [2.24, 2.45) is 5.92 Å². The highest BCUT2D eigenvalue weighted by Gasteiger charge is 2.23. The third-order valence-electron chi connectivity index (χ3n) is 5.19. The van der Waals surface area contributed by atoms with Gasteiger partial charge in [-0.3, -0.25) is 0 Å². The Balaban J connectivity index is 1.41. The number of para-hydroxylation sites is 3. The number of nitrogens with one attached hydrogen (secondary N) is 3. The van der Waals surface area contributed by atoms with Crippen molar-refractivity contribution in [1.82, 2.24) is 10.2 Å². The van der Waals surface area contributed by atoms with E-state index in [9.17, 15) is 9.59 Å². The van der Waals surface area contributed by atoms with Crippen molar-refractivity contribution < 1.29 is 14.3 Å². The molecule has 1 aliphatic heterocycles. The van der Waals surface area contributed by atoms with Crippen LogP contribution in [0, 0.1) is 12.8 Å². The molecule has 154 valence electrons. The van der Waals surface area contributed by atoms with E-state index in [1.807, 2.05) is 55.5 Å². The van der Waals surface area contributed by atoms with E-state index in [1.54, 1.807) is 12.0 Å². The number of urea groups is 2. The number of piperidine rings is 1. The van der Waals surface area contributed by atoms with Crippen LogP contribution in [-0.4, -0.2) is 43.7 Å². The number of likely N-dealkylation sites (tertiary alicyclic amines) is 1. The van der Waals surface area contributed by atoms with Gasteiger partial charge in [0.1, 0.15) is 5.75 Å². The lowest BCUT2D eigenvalue weighted by Gasteiger charge is -2.32. The zero-order chi connectivity index (χ0) is 20.6. The van der Waals surface area contributed by atoms with Crippen molar-refractivity contribution in [3.63, 3.8) is 0 Å². The maximum atomic E-state index is 12.5. The van der Waals surface area contributed by atoms with E-state index < -0.39 is 0 Å². The van der Waals surface area contributed by atoms with Crippen LogP contribution < -0.4 is 20.7 Å². The first-order valence-corrected chi connectivity index (χ1v) is 9.86. The number of hydrogen-bond acceptors (Lipinski definition) is 3. The van der Waals surface area contributed by atoms with Gasteiger partial charge in [-0.05, 0) is 49.4 Å². The molecule has 4 amide bonds.